The van der Waals surface area contributed by atoms with Crippen LogP contribution in [0.3, 0.4) is 0 Å². The number of rotatable bonds is 4. The van der Waals surface area contributed by atoms with E-state index in [9.17, 15) is 9.59 Å². The Morgan fingerprint density at radius 2 is 2.07 bits per heavy atom. The van der Waals surface area contributed by atoms with E-state index in [0.717, 1.165) is 19.3 Å². The summed E-state index contributed by atoms with van der Waals surface area (Å²) in [6, 6.07) is 0.153. The first kappa shape index (κ1) is 12.4. The summed E-state index contributed by atoms with van der Waals surface area (Å²) in [5, 5.41) is 11.7. The summed E-state index contributed by atoms with van der Waals surface area (Å²) in [4.78, 5) is 21.6. The van der Waals surface area contributed by atoms with Crippen molar-refractivity contribution in [2.24, 2.45) is 0 Å². The lowest BCUT2D eigenvalue weighted by molar-refractivity contribution is -0.140. The van der Waals surface area contributed by atoms with Crippen LogP contribution in [0.4, 0.5) is 0 Å². The van der Waals surface area contributed by atoms with Crippen LogP contribution in [-0.4, -0.2) is 34.5 Å². The van der Waals surface area contributed by atoms with E-state index in [1.165, 1.54) is 6.42 Å². The smallest absolute Gasteiger partial charge is 0.312 e. The third-order valence-corrected chi connectivity index (χ3v) is 3.83. The van der Waals surface area contributed by atoms with Crippen LogP contribution in [0.5, 0.6) is 0 Å². The number of carboxylic acid groups (broad SMARTS) is 1. The van der Waals surface area contributed by atoms with E-state index in [1.54, 1.807) is 11.8 Å². The van der Waals surface area contributed by atoms with Crippen molar-refractivity contribution in [3.05, 3.63) is 0 Å². The fraction of sp³-hybridized carbons (Fsp3) is 0.800. The molecule has 0 heterocycles. The summed E-state index contributed by atoms with van der Waals surface area (Å²) in [5.74, 6) is -1.43. The molecule has 1 aliphatic rings. The Morgan fingerprint density at radius 3 is 2.67 bits per heavy atom. The van der Waals surface area contributed by atoms with Gasteiger partial charge in [0.2, 0.25) is 5.91 Å². The monoisotopic (exact) mass is 231 g/mol. The van der Waals surface area contributed by atoms with Gasteiger partial charge in [-0.15, -0.1) is 0 Å². The standard InChI is InChI=1S/C10H17NO3S/c1-15-8-5-3-2-4-7(8)11-9(12)6-10(13)14/h7-8H,2-6H2,1H3,(H,11,12)(H,13,14). The van der Waals surface area contributed by atoms with Gasteiger partial charge >= 0.3 is 5.97 Å². The third kappa shape index (κ3) is 4.11. The molecule has 1 amide bonds. The summed E-state index contributed by atoms with van der Waals surface area (Å²) in [6.07, 6.45) is 6.02. The van der Waals surface area contributed by atoms with Gasteiger partial charge in [-0.2, -0.15) is 11.8 Å². The molecule has 1 fully saturated rings. The maximum Gasteiger partial charge on any atom is 0.312 e. The van der Waals surface area contributed by atoms with Crippen molar-refractivity contribution in [2.75, 3.05) is 6.26 Å². The van der Waals surface area contributed by atoms with Crippen LogP contribution >= 0.6 is 11.8 Å². The summed E-state index contributed by atoms with van der Waals surface area (Å²) in [5.41, 5.74) is 0. The van der Waals surface area contributed by atoms with Crippen LogP contribution in [0.2, 0.25) is 0 Å². The second-order valence-electron chi connectivity index (χ2n) is 3.80. The molecule has 0 aromatic carbocycles. The van der Waals surface area contributed by atoms with E-state index in [2.05, 4.69) is 5.32 Å². The first-order valence-corrected chi connectivity index (χ1v) is 6.46. The Morgan fingerprint density at radius 1 is 1.40 bits per heavy atom. The van der Waals surface area contributed by atoms with E-state index < -0.39 is 12.4 Å². The highest BCUT2D eigenvalue weighted by molar-refractivity contribution is 7.99. The molecule has 2 N–H and O–H groups in total. The van der Waals surface area contributed by atoms with Crippen molar-refractivity contribution in [1.82, 2.24) is 5.32 Å². The molecule has 15 heavy (non-hydrogen) atoms. The lowest BCUT2D eigenvalue weighted by Gasteiger charge is -2.30. The van der Waals surface area contributed by atoms with Crippen molar-refractivity contribution in [1.29, 1.82) is 0 Å². The normalized spacial score (nSPS) is 25.9. The molecule has 0 saturated heterocycles. The fourth-order valence-electron chi connectivity index (χ4n) is 1.94. The van der Waals surface area contributed by atoms with E-state index in [-0.39, 0.29) is 11.9 Å². The number of aliphatic carboxylic acids is 1. The SMILES string of the molecule is CSC1CCCCC1NC(=O)CC(=O)O. The average molecular weight is 231 g/mol. The van der Waals surface area contributed by atoms with Crippen LogP contribution in [0.15, 0.2) is 0 Å². The molecule has 2 atom stereocenters. The van der Waals surface area contributed by atoms with E-state index in [1.807, 2.05) is 6.26 Å². The molecule has 0 radical (unpaired) electrons. The fourth-order valence-corrected chi connectivity index (χ4v) is 2.87. The first-order chi connectivity index (χ1) is 7.13. The largest absolute Gasteiger partial charge is 0.481 e. The van der Waals surface area contributed by atoms with Gasteiger partial charge < -0.3 is 10.4 Å². The zero-order valence-corrected chi connectivity index (χ0v) is 9.68. The van der Waals surface area contributed by atoms with Gasteiger partial charge in [0.15, 0.2) is 0 Å². The molecule has 1 saturated carbocycles. The average Bonchev–Trinajstić information content (AvgIpc) is 2.17. The van der Waals surface area contributed by atoms with Gasteiger partial charge in [-0.1, -0.05) is 12.8 Å². The highest BCUT2D eigenvalue weighted by Crippen LogP contribution is 2.27. The lowest BCUT2D eigenvalue weighted by atomic mass is 9.95. The van der Waals surface area contributed by atoms with Crippen molar-refractivity contribution in [3.8, 4) is 0 Å². The Kier molecular flexibility index (Phi) is 4.94. The van der Waals surface area contributed by atoms with Crippen molar-refractivity contribution >= 4 is 23.6 Å². The van der Waals surface area contributed by atoms with Gasteiger partial charge in [0.05, 0.1) is 0 Å². The summed E-state index contributed by atoms with van der Waals surface area (Å²) in [6.45, 7) is 0. The van der Waals surface area contributed by atoms with E-state index in [0.29, 0.717) is 5.25 Å². The molecule has 2 unspecified atom stereocenters. The predicted octanol–water partition coefficient (Wildman–Crippen LogP) is 1.25. The molecule has 0 spiro atoms. The Labute approximate surface area is 93.8 Å². The number of carbonyl (C=O) groups is 2. The van der Waals surface area contributed by atoms with Crippen LogP contribution < -0.4 is 5.32 Å². The Balaban J connectivity index is 2.40. The van der Waals surface area contributed by atoms with E-state index >= 15 is 0 Å². The zero-order valence-electron chi connectivity index (χ0n) is 8.86. The highest BCUT2D eigenvalue weighted by Gasteiger charge is 2.25. The number of thioether (sulfide) groups is 1. The molecule has 0 bridgehead atoms. The summed E-state index contributed by atoms with van der Waals surface area (Å²) in [7, 11) is 0. The lowest BCUT2D eigenvalue weighted by Crippen LogP contribution is -2.44. The molecule has 0 aromatic heterocycles. The molecule has 5 heteroatoms. The van der Waals surface area contributed by atoms with Gasteiger partial charge in [-0.25, -0.2) is 0 Å². The minimum Gasteiger partial charge on any atom is -0.481 e. The maximum absolute atomic E-state index is 11.3. The summed E-state index contributed by atoms with van der Waals surface area (Å²) >= 11 is 1.75. The minimum absolute atomic E-state index is 0.153. The Hall–Kier alpha value is -0.710. The second kappa shape index (κ2) is 6.00. The van der Waals surface area contributed by atoms with Gasteiger partial charge in [-0.05, 0) is 19.1 Å². The van der Waals surface area contributed by atoms with Gasteiger partial charge in [0.1, 0.15) is 6.42 Å². The molecular formula is C10H17NO3S. The quantitative estimate of drug-likeness (QED) is 0.715. The Bertz CT molecular complexity index is 245. The first-order valence-electron chi connectivity index (χ1n) is 5.17. The molecule has 0 aromatic rings. The van der Waals surface area contributed by atoms with Gasteiger partial charge in [-0.3, -0.25) is 9.59 Å². The zero-order chi connectivity index (χ0) is 11.3. The minimum atomic E-state index is -1.07. The molecule has 86 valence electrons. The van der Waals surface area contributed by atoms with Gasteiger partial charge in [0.25, 0.3) is 0 Å². The number of hydrogen-bond acceptors (Lipinski definition) is 3. The van der Waals surface area contributed by atoms with Crippen LogP contribution in [0.25, 0.3) is 0 Å². The van der Waals surface area contributed by atoms with Crippen molar-refractivity contribution in [2.45, 2.75) is 43.4 Å². The molecule has 1 aliphatic carbocycles. The number of carbonyl (C=O) groups excluding carboxylic acids is 1. The summed E-state index contributed by atoms with van der Waals surface area (Å²) < 4.78 is 0. The van der Waals surface area contributed by atoms with Gasteiger partial charge in [0, 0.05) is 11.3 Å². The van der Waals surface area contributed by atoms with E-state index in [4.69, 9.17) is 5.11 Å². The van der Waals surface area contributed by atoms with Crippen LogP contribution in [0, 0.1) is 0 Å². The second-order valence-corrected chi connectivity index (χ2v) is 4.88. The van der Waals surface area contributed by atoms with Crippen LogP contribution in [-0.2, 0) is 9.59 Å². The number of hydrogen-bond donors (Lipinski definition) is 2. The number of amides is 1. The third-order valence-electron chi connectivity index (χ3n) is 2.66. The van der Waals surface area contributed by atoms with Crippen LogP contribution in [0.1, 0.15) is 32.1 Å². The highest BCUT2D eigenvalue weighted by atomic mass is 32.2. The molecule has 1 rings (SSSR count). The predicted molar refractivity (Wildman–Crippen MR) is 60.0 cm³/mol. The number of nitrogens with one attached hydrogen (secondary N) is 1. The maximum atomic E-state index is 11.3. The topological polar surface area (TPSA) is 66.4 Å². The number of carboxylic acids is 1. The van der Waals surface area contributed by atoms with Crippen molar-refractivity contribution < 1.29 is 14.7 Å². The molecular weight excluding hydrogens is 214 g/mol. The molecule has 0 aliphatic heterocycles. The van der Waals surface area contributed by atoms with Crippen molar-refractivity contribution in [3.63, 3.8) is 0 Å². The molecule has 4 nitrogen and oxygen atoms in total.